The third-order valence-corrected chi connectivity index (χ3v) is 5.31. The number of nitrogens with zero attached hydrogens (tertiary/aromatic N) is 2. The lowest BCUT2D eigenvalue weighted by molar-refractivity contribution is -0.147. The third kappa shape index (κ3) is 4.41. The van der Waals surface area contributed by atoms with Gasteiger partial charge in [-0.25, -0.2) is 0 Å². The summed E-state index contributed by atoms with van der Waals surface area (Å²) in [6.07, 6.45) is 0.962. The average Bonchev–Trinajstić information content (AvgIpc) is 3.22. The molecule has 4 rings (SSSR count). The lowest BCUT2D eigenvalue weighted by atomic mass is 9.99. The van der Waals surface area contributed by atoms with E-state index in [0.29, 0.717) is 31.1 Å². The van der Waals surface area contributed by atoms with Gasteiger partial charge < -0.3 is 14.9 Å². The summed E-state index contributed by atoms with van der Waals surface area (Å²) in [5, 5.41) is 15.6. The molecule has 7 nitrogen and oxygen atoms in total. The van der Waals surface area contributed by atoms with Crippen LogP contribution in [0.2, 0.25) is 0 Å². The third-order valence-electron chi connectivity index (χ3n) is 5.31. The first-order valence-electron chi connectivity index (χ1n) is 9.93. The number of amides is 1. The molecule has 154 valence electrons. The Balaban J connectivity index is 1.34. The van der Waals surface area contributed by atoms with E-state index in [9.17, 15) is 9.59 Å². The molecule has 0 radical (unpaired) electrons. The molecule has 1 aliphatic heterocycles. The second-order valence-electron chi connectivity index (χ2n) is 7.51. The van der Waals surface area contributed by atoms with Gasteiger partial charge in [-0.05, 0) is 29.7 Å². The molecule has 0 spiro atoms. The van der Waals surface area contributed by atoms with Gasteiger partial charge in [-0.3, -0.25) is 14.5 Å². The van der Waals surface area contributed by atoms with Crippen LogP contribution in [0.25, 0.3) is 11.3 Å². The van der Waals surface area contributed by atoms with Crippen molar-refractivity contribution in [3.05, 3.63) is 71.4 Å². The Morgan fingerprint density at radius 1 is 1.10 bits per heavy atom. The number of aryl methyl sites for hydroxylation is 1. The second-order valence-corrected chi connectivity index (χ2v) is 7.51. The molecule has 1 saturated heterocycles. The van der Waals surface area contributed by atoms with E-state index >= 15 is 0 Å². The zero-order chi connectivity index (χ0) is 21.1. The van der Waals surface area contributed by atoms with Gasteiger partial charge in [0.25, 0.3) is 5.91 Å². The van der Waals surface area contributed by atoms with E-state index in [0.717, 1.165) is 17.5 Å². The van der Waals surface area contributed by atoms with Crippen molar-refractivity contribution >= 4 is 17.6 Å². The molecule has 7 heteroatoms. The lowest BCUT2D eigenvalue weighted by Gasteiger charge is -2.36. The summed E-state index contributed by atoms with van der Waals surface area (Å²) in [4.78, 5) is 25.4. The van der Waals surface area contributed by atoms with Gasteiger partial charge in [0.2, 0.25) is 0 Å². The average molecular weight is 405 g/mol. The molecule has 0 bridgehead atoms. The highest BCUT2D eigenvalue weighted by atomic mass is 16.5. The van der Waals surface area contributed by atoms with Crippen LogP contribution in [0.15, 0.2) is 59.1 Å². The largest absolute Gasteiger partial charge is 0.481 e. The van der Waals surface area contributed by atoms with Crippen LogP contribution in [0.3, 0.4) is 0 Å². The number of carbonyl (C=O) groups is 2. The minimum atomic E-state index is -0.738. The van der Waals surface area contributed by atoms with Crippen LogP contribution < -0.4 is 5.32 Å². The van der Waals surface area contributed by atoms with E-state index in [1.807, 2.05) is 48.5 Å². The van der Waals surface area contributed by atoms with Gasteiger partial charge >= 0.3 is 5.97 Å². The normalized spacial score (nSPS) is 14.3. The maximum Gasteiger partial charge on any atom is 0.309 e. The maximum atomic E-state index is 12.5. The zero-order valence-electron chi connectivity index (χ0n) is 16.7. The van der Waals surface area contributed by atoms with Crippen molar-refractivity contribution in [1.82, 2.24) is 10.1 Å². The number of anilines is 1. The molecule has 1 amide bonds. The highest BCUT2D eigenvalue weighted by molar-refractivity contribution is 6.03. The smallest absolute Gasteiger partial charge is 0.309 e. The van der Waals surface area contributed by atoms with Gasteiger partial charge in [-0.1, -0.05) is 48.5 Å². The number of rotatable bonds is 7. The number of hydrogen-bond donors (Lipinski definition) is 2. The number of benzene rings is 2. The van der Waals surface area contributed by atoms with E-state index in [1.54, 1.807) is 6.07 Å². The first-order chi connectivity index (χ1) is 14.5. The molecule has 2 heterocycles. The second kappa shape index (κ2) is 8.51. The highest BCUT2D eigenvalue weighted by Gasteiger charge is 2.32. The molecule has 30 heavy (non-hydrogen) atoms. The van der Waals surface area contributed by atoms with Crippen molar-refractivity contribution < 1.29 is 19.2 Å². The Labute approximate surface area is 174 Å². The summed E-state index contributed by atoms with van der Waals surface area (Å²) in [6, 6.07) is 17.1. The fourth-order valence-corrected chi connectivity index (χ4v) is 3.42. The number of hydrogen-bond acceptors (Lipinski definition) is 5. The molecule has 1 aromatic heterocycles. The molecular weight excluding hydrogens is 382 g/mol. The van der Waals surface area contributed by atoms with Crippen LogP contribution in [0.1, 0.15) is 28.5 Å². The quantitative estimate of drug-likeness (QED) is 0.623. The minimum Gasteiger partial charge on any atom is -0.481 e. The number of nitrogens with one attached hydrogen (secondary N) is 1. The van der Waals surface area contributed by atoms with Crippen molar-refractivity contribution in [2.45, 2.75) is 19.9 Å². The first kappa shape index (κ1) is 19.8. The minimum absolute atomic E-state index is 0.217. The van der Waals surface area contributed by atoms with Gasteiger partial charge in [-0.2, -0.15) is 0 Å². The van der Waals surface area contributed by atoms with Crippen molar-refractivity contribution in [3.8, 4) is 11.3 Å². The number of aliphatic carboxylic acids is 1. The number of carboxylic acid groups (broad SMARTS) is 1. The molecule has 0 unspecified atom stereocenters. The van der Waals surface area contributed by atoms with E-state index < -0.39 is 5.97 Å². The summed E-state index contributed by atoms with van der Waals surface area (Å²) >= 11 is 0. The Morgan fingerprint density at radius 2 is 1.77 bits per heavy atom. The number of carboxylic acids is 1. The van der Waals surface area contributed by atoms with Gasteiger partial charge in [0.1, 0.15) is 0 Å². The van der Waals surface area contributed by atoms with E-state index in [-0.39, 0.29) is 17.5 Å². The van der Waals surface area contributed by atoms with Crippen LogP contribution >= 0.6 is 0 Å². The molecule has 0 saturated carbocycles. The van der Waals surface area contributed by atoms with Gasteiger partial charge in [0, 0.05) is 37.0 Å². The molecule has 3 aromatic rings. The summed E-state index contributed by atoms with van der Waals surface area (Å²) in [5.41, 5.74) is 4.05. The Kier molecular flexibility index (Phi) is 5.63. The van der Waals surface area contributed by atoms with E-state index in [2.05, 4.69) is 22.3 Å². The molecule has 0 atom stereocenters. The van der Waals surface area contributed by atoms with E-state index in [1.165, 1.54) is 5.56 Å². The lowest BCUT2D eigenvalue weighted by Crippen LogP contribution is -2.49. The van der Waals surface area contributed by atoms with Crippen molar-refractivity contribution in [3.63, 3.8) is 0 Å². The van der Waals surface area contributed by atoms with Crippen LogP contribution in [-0.4, -0.2) is 40.1 Å². The zero-order valence-corrected chi connectivity index (χ0v) is 16.7. The topological polar surface area (TPSA) is 95.7 Å². The van der Waals surface area contributed by atoms with Crippen LogP contribution in [0.5, 0.6) is 0 Å². The monoisotopic (exact) mass is 405 g/mol. The van der Waals surface area contributed by atoms with Crippen molar-refractivity contribution in [2.24, 2.45) is 5.92 Å². The molecule has 2 aromatic carbocycles. The van der Waals surface area contributed by atoms with Crippen LogP contribution in [-0.2, 0) is 17.8 Å². The summed E-state index contributed by atoms with van der Waals surface area (Å²) in [7, 11) is 0. The molecule has 2 N–H and O–H groups in total. The van der Waals surface area contributed by atoms with E-state index in [4.69, 9.17) is 9.63 Å². The van der Waals surface area contributed by atoms with Gasteiger partial charge in [0.05, 0.1) is 5.92 Å². The standard InChI is InChI=1S/C23H23N3O4/c1-2-15-3-7-17(8-4-15)21-11-20(25-30-21)22(27)24-19-9-5-16(6-10-19)12-26-13-18(14-26)23(28)29/h3-11,18H,2,12-14H2,1H3,(H,24,27)(H,28,29). The summed E-state index contributed by atoms with van der Waals surface area (Å²) in [5.74, 6) is -0.791. The fraction of sp³-hybridized carbons (Fsp3) is 0.261. The Bertz CT molecular complexity index is 1040. The number of aromatic nitrogens is 1. The molecule has 1 aliphatic rings. The SMILES string of the molecule is CCc1ccc(-c2cc(C(=O)Nc3ccc(CN4CC(C(=O)O)C4)cc3)no2)cc1. The van der Waals surface area contributed by atoms with Gasteiger partial charge in [-0.15, -0.1) is 0 Å². The van der Waals surface area contributed by atoms with Crippen LogP contribution in [0.4, 0.5) is 5.69 Å². The first-order valence-corrected chi connectivity index (χ1v) is 9.93. The number of likely N-dealkylation sites (tertiary alicyclic amines) is 1. The summed E-state index contributed by atoms with van der Waals surface area (Å²) < 4.78 is 5.33. The van der Waals surface area contributed by atoms with Crippen molar-refractivity contribution in [1.29, 1.82) is 0 Å². The van der Waals surface area contributed by atoms with Crippen LogP contribution in [0, 0.1) is 5.92 Å². The molecular formula is C23H23N3O4. The predicted octanol–water partition coefficient (Wildman–Crippen LogP) is 3.67. The predicted molar refractivity (Wildman–Crippen MR) is 112 cm³/mol. The summed E-state index contributed by atoms with van der Waals surface area (Å²) in [6.45, 7) is 3.94. The van der Waals surface area contributed by atoms with Crippen molar-refractivity contribution in [2.75, 3.05) is 18.4 Å². The molecule has 0 aliphatic carbocycles. The highest BCUT2D eigenvalue weighted by Crippen LogP contribution is 2.22. The fourth-order valence-electron chi connectivity index (χ4n) is 3.42. The van der Waals surface area contributed by atoms with Gasteiger partial charge in [0.15, 0.2) is 11.5 Å². The Hall–Kier alpha value is -3.45. The molecule has 1 fully saturated rings. The maximum absolute atomic E-state index is 12.5. The number of carbonyl (C=O) groups excluding carboxylic acids is 1. The Morgan fingerprint density at radius 3 is 2.40 bits per heavy atom.